The highest BCUT2D eigenvalue weighted by Gasteiger charge is 2.54. The number of likely N-dealkylation sites (N-methyl/N-ethyl adjacent to an activating group) is 1. The normalized spacial score (nSPS) is 19.3. The molecule has 131 heavy (non-hydrogen) atoms. The molecule has 3 aliphatic heterocycles. The number of carbonyl (C=O) groups excluding carboxylic acids is 9. The standard InChI is InChI=1S/C54H70Cl3N5O9Si.C47H59N5O6Si/c1-35(2)45(70-49(66)53(10,11)30-29-37-25-26-38-27-28-41(58-43(38)32-37)36(3)61(12)50(67)71-51(4,5)6)46(63)59-44(47(64)62-31-19-24-42(60-62)48(65)68-34-54(55,56)57)33-69-72(52(7,8)9,39-20-15-13-16-21-39)40-22-17-14-18-23-40;1-31(2)41-42(53)49-40(30-57-59(46(4,5)6,35-17-12-10-13-18-35)36-19-14-11-15-20-36)44(55)52-28-16-21-38(50-52)43(54)51(9)32(3)37-25-24-34-23-22-33(29-39(34)48-37)26-27-47(7,8)45(56)58-41/h13-18,20-23,25-30,32,35-36,42,44-45,60H,19,24,31,33-34H2,1-12H3,(H,59,63);10-15,17-20,22-27,29,31-32,38,40-41,50H,16,21,28,30H2,1-9H3,(H,49,53)/b30-29+;27-26+/t36-,42+,44+,45+;32-,38+,40+,41+/m11/s1. The maximum absolute atomic E-state index is 14.9. The zero-order valence-corrected chi connectivity index (χ0v) is 83.5. The smallest absolute Gasteiger partial charge is 0.410 e. The summed E-state index contributed by atoms with van der Waals surface area (Å²) in [6.07, 6.45) is 5.92. The number of carbonyl (C=O) groups is 9. The van der Waals surface area contributed by atoms with Crippen LogP contribution in [-0.4, -0.2) is 193 Å². The van der Waals surface area contributed by atoms with Gasteiger partial charge >= 0.3 is 24.0 Å². The number of hydrogen-bond donors (Lipinski definition) is 4. The highest BCUT2D eigenvalue weighted by Crippen LogP contribution is 2.40. The lowest BCUT2D eigenvalue weighted by atomic mass is 9.91. The Morgan fingerprint density at radius 2 is 1.20 bits per heavy atom. The fourth-order valence-corrected chi connectivity index (χ4v) is 25.5. The van der Waals surface area contributed by atoms with E-state index in [1.165, 1.54) is 14.9 Å². The van der Waals surface area contributed by atoms with Crippen molar-refractivity contribution in [2.24, 2.45) is 22.7 Å². The molecular formula is C101H129Cl3N10O15Si2. The number of hydrazine groups is 2. The van der Waals surface area contributed by atoms with Gasteiger partial charge in [0, 0.05) is 38.0 Å². The van der Waals surface area contributed by atoms with Crippen LogP contribution in [0.5, 0.6) is 0 Å². The molecule has 4 N–H and O–H groups in total. The fourth-order valence-electron chi connectivity index (χ4n) is 16.2. The van der Waals surface area contributed by atoms with Gasteiger partial charge in [0.2, 0.25) is 9.70 Å². The first-order valence-electron chi connectivity index (χ1n) is 44.8. The molecule has 8 aromatic rings. The average Bonchev–Trinajstić information content (AvgIpc) is 0.749. The van der Waals surface area contributed by atoms with E-state index in [1.54, 1.807) is 92.6 Å². The van der Waals surface area contributed by atoms with Crippen molar-refractivity contribution in [2.75, 3.05) is 47.0 Å². The third-order valence-corrected chi connectivity index (χ3v) is 34.4. The Kier molecular flexibility index (Phi) is 33.9. The fraction of sp³-hybridized carbons (Fsp3) is 0.455. The maximum Gasteiger partial charge on any atom is 0.410 e. The largest absolute Gasteiger partial charge is 0.460 e. The molecule has 0 aliphatic carbocycles. The Morgan fingerprint density at radius 3 is 1.74 bits per heavy atom. The highest BCUT2D eigenvalue weighted by atomic mass is 35.6. The van der Waals surface area contributed by atoms with Crippen LogP contribution in [-0.2, 0) is 66.2 Å². The van der Waals surface area contributed by atoms with E-state index in [1.807, 2.05) is 198 Å². The molecule has 0 spiro atoms. The number of halogens is 3. The Bertz CT molecular complexity index is 5340. The molecule has 11 rings (SSSR count). The third-order valence-electron chi connectivity index (χ3n) is 24.0. The lowest BCUT2D eigenvalue weighted by molar-refractivity contribution is -0.165. The predicted octanol–water partition coefficient (Wildman–Crippen LogP) is 15.2. The van der Waals surface area contributed by atoms with Gasteiger partial charge in [-0.05, 0) is 166 Å². The molecule has 0 unspecified atom stereocenters. The number of amides is 6. The van der Waals surface area contributed by atoms with Gasteiger partial charge in [0.15, 0.2) is 12.2 Å². The second-order valence-corrected chi connectivity index (χ2v) is 50.1. The lowest BCUT2D eigenvalue weighted by Crippen LogP contribution is -2.68. The molecule has 6 aromatic carbocycles. The van der Waals surface area contributed by atoms with Crippen LogP contribution >= 0.6 is 34.8 Å². The molecule has 5 heterocycles. The van der Waals surface area contributed by atoms with Crippen LogP contribution in [0.15, 0.2) is 194 Å². The number of rotatable bonds is 23. The van der Waals surface area contributed by atoms with Crippen LogP contribution in [0.2, 0.25) is 10.1 Å². The van der Waals surface area contributed by atoms with Crippen molar-refractivity contribution in [1.29, 1.82) is 0 Å². The highest BCUT2D eigenvalue weighted by molar-refractivity contribution is 7.00. The van der Waals surface area contributed by atoms with Crippen molar-refractivity contribution in [2.45, 2.75) is 225 Å². The first-order chi connectivity index (χ1) is 61.4. The van der Waals surface area contributed by atoms with E-state index >= 15 is 0 Å². The van der Waals surface area contributed by atoms with Gasteiger partial charge in [-0.25, -0.2) is 15.6 Å². The van der Waals surface area contributed by atoms with E-state index < -0.39 is 149 Å². The van der Waals surface area contributed by atoms with Crippen LogP contribution in [0.1, 0.15) is 192 Å². The van der Waals surface area contributed by atoms with Gasteiger partial charge in [0.25, 0.3) is 40.3 Å². The molecule has 2 aromatic heterocycles. The summed E-state index contributed by atoms with van der Waals surface area (Å²) in [6.45, 7) is 35.5. The van der Waals surface area contributed by atoms with E-state index in [0.29, 0.717) is 43.4 Å². The van der Waals surface area contributed by atoms with Crippen molar-refractivity contribution in [3.05, 3.63) is 217 Å². The monoisotopic (exact) mass is 1880 g/mol. The van der Waals surface area contributed by atoms with E-state index in [-0.39, 0.29) is 37.7 Å². The zero-order valence-electron chi connectivity index (χ0n) is 79.2. The van der Waals surface area contributed by atoms with Crippen molar-refractivity contribution >= 4 is 160 Å². The van der Waals surface area contributed by atoms with Crippen molar-refractivity contribution in [3.63, 3.8) is 0 Å². The van der Waals surface area contributed by atoms with Gasteiger partial charge in [-0.3, -0.25) is 58.3 Å². The van der Waals surface area contributed by atoms with Crippen LogP contribution < -0.4 is 42.2 Å². The summed E-state index contributed by atoms with van der Waals surface area (Å²) in [5.74, 6) is -5.47. The number of ether oxygens (including phenoxy) is 4. The molecule has 6 amide bonds. The first kappa shape index (κ1) is 103. The van der Waals surface area contributed by atoms with Crippen LogP contribution in [0, 0.1) is 22.7 Å². The summed E-state index contributed by atoms with van der Waals surface area (Å²) in [6, 6.07) is 54.2. The number of fused-ring (bicyclic) bond motifs is 5. The summed E-state index contributed by atoms with van der Waals surface area (Å²) < 4.78 is 35.5. The Morgan fingerprint density at radius 1 is 0.664 bits per heavy atom. The maximum atomic E-state index is 14.9. The predicted molar refractivity (Wildman–Crippen MR) is 520 cm³/mol. The first-order valence-corrected chi connectivity index (χ1v) is 49.7. The van der Waals surface area contributed by atoms with E-state index in [2.05, 4.69) is 87.3 Å². The molecular weight excluding hydrogens is 1760 g/mol. The zero-order chi connectivity index (χ0) is 96.1. The Balaban J connectivity index is 0.000000277. The Labute approximate surface area is 788 Å². The second-order valence-electron chi connectivity index (χ2n) is 38.9. The molecule has 2 fully saturated rings. The number of nitrogens with one attached hydrogen (secondary N) is 4. The number of pyridine rings is 2. The molecule has 8 atom stereocenters. The van der Waals surface area contributed by atoms with E-state index in [9.17, 15) is 43.2 Å². The number of nitrogens with zero attached hydrogens (tertiary/aromatic N) is 6. The minimum absolute atomic E-state index is 0.175. The topological polar surface area (TPSA) is 296 Å². The SMILES string of the molecule is CC(C)[C@@H]1OC(=O)C(C)(C)/C=C/c2ccc3ccc(nc3c2)[C@@H](C)N(C)C(=O)[C@@H]2CCCN(N2)C(=O)[C@H](CO[Si](c2ccccc2)(c2ccccc2)C(C)(C)C)NC1=O.CC(C)[C@H](OC(=O)C(C)(C)/C=C/c1ccc2ccc([C@@H](C)N(C)C(=O)OC(C)(C)C)nc2c1)C(=O)N[C@@H](CO[Si](c1ccccc1)(c1ccccc1)C(C)(C)C)C(=O)N1CCC[C@@H](C(=O)OCC(Cl)(Cl)Cl)N1. The van der Waals surface area contributed by atoms with Crippen molar-refractivity contribution in [3.8, 4) is 0 Å². The quantitative estimate of drug-likeness (QED) is 0.0200. The molecule has 702 valence electrons. The van der Waals surface area contributed by atoms with Gasteiger partial charge < -0.3 is 48.2 Å². The number of aromatic nitrogens is 2. The molecule has 30 heteroatoms. The molecule has 3 aliphatic rings. The van der Waals surface area contributed by atoms with Gasteiger partial charge in [0.05, 0.1) is 58.5 Å². The number of benzene rings is 6. The molecule has 0 radical (unpaired) electrons. The number of alkyl halides is 3. The number of cyclic esters (lactones) is 1. The molecule has 25 nitrogen and oxygen atoms in total. The number of hydrogen-bond acceptors (Lipinski definition) is 19. The third kappa shape index (κ3) is 25.6. The molecule has 2 saturated heterocycles. The van der Waals surface area contributed by atoms with E-state index in [0.717, 1.165) is 53.9 Å². The van der Waals surface area contributed by atoms with Crippen LogP contribution in [0.3, 0.4) is 0 Å². The van der Waals surface area contributed by atoms with Crippen LogP contribution in [0.4, 0.5) is 4.79 Å². The van der Waals surface area contributed by atoms with Crippen molar-refractivity contribution < 1.29 is 71.0 Å². The summed E-state index contributed by atoms with van der Waals surface area (Å²) in [5.41, 5.74) is 7.63. The molecule has 0 saturated carbocycles. The van der Waals surface area contributed by atoms with Crippen molar-refractivity contribution in [1.82, 2.24) is 51.3 Å². The lowest BCUT2D eigenvalue weighted by Gasteiger charge is -2.44. The van der Waals surface area contributed by atoms with Gasteiger partial charge in [-0.15, -0.1) is 0 Å². The minimum Gasteiger partial charge on any atom is -0.460 e. The summed E-state index contributed by atoms with van der Waals surface area (Å²) in [5, 5.41) is 13.5. The summed E-state index contributed by atoms with van der Waals surface area (Å²) in [4.78, 5) is 140. The minimum atomic E-state index is -3.27. The average molecular weight is 1890 g/mol. The summed E-state index contributed by atoms with van der Waals surface area (Å²) in [7, 11) is -3.02. The van der Waals surface area contributed by atoms with Gasteiger partial charge in [-0.1, -0.05) is 286 Å². The van der Waals surface area contributed by atoms with Crippen LogP contribution in [0.25, 0.3) is 34.0 Å². The number of esters is 3. The van der Waals surface area contributed by atoms with Gasteiger partial charge in [-0.2, -0.15) is 0 Å². The second kappa shape index (κ2) is 43.2. The molecule has 5 bridgehead atoms. The van der Waals surface area contributed by atoms with E-state index in [4.69, 9.17) is 72.6 Å². The summed E-state index contributed by atoms with van der Waals surface area (Å²) >= 11 is 17.5. The Hall–Kier alpha value is -10.2. The van der Waals surface area contributed by atoms with Gasteiger partial charge in [0.1, 0.15) is 36.4 Å².